The average molecular weight is 375 g/mol. The van der Waals surface area contributed by atoms with Crippen LogP contribution < -0.4 is 14.4 Å². The van der Waals surface area contributed by atoms with E-state index in [4.69, 9.17) is 9.47 Å². The van der Waals surface area contributed by atoms with Gasteiger partial charge >= 0.3 is 0 Å². The molecule has 1 saturated carbocycles. The predicted octanol–water partition coefficient (Wildman–Crippen LogP) is 3.96. The second-order valence-electron chi connectivity index (χ2n) is 5.75. The number of fused-ring (bicyclic) bond motifs is 1. The molecule has 1 aromatic carbocycles. The lowest BCUT2D eigenvalue weighted by molar-refractivity contribution is -0.119. The number of aromatic nitrogens is 1. The van der Waals surface area contributed by atoms with Crippen LogP contribution in [0.1, 0.15) is 18.5 Å². The summed E-state index contributed by atoms with van der Waals surface area (Å²) in [7, 11) is 0. The van der Waals surface area contributed by atoms with E-state index in [9.17, 15) is 4.79 Å². The van der Waals surface area contributed by atoms with Crippen LogP contribution in [-0.2, 0) is 4.79 Å². The van der Waals surface area contributed by atoms with Crippen molar-refractivity contribution in [3.63, 3.8) is 0 Å². The molecule has 0 unspecified atom stereocenters. The van der Waals surface area contributed by atoms with Crippen LogP contribution in [-0.4, -0.2) is 17.7 Å². The molecule has 0 radical (unpaired) electrons. The van der Waals surface area contributed by atoms with E-state index in [1.54, 1.807) is 11.1 Å². The zero-order chi connectivity index (χ0) is 16.0. The first-order valence-electron chi connectivity index (χ1n) is 7.49. The number of halogens is 1. The first-order chi connectivity index (χ1) is 11.1. The van der Waals surface area contributed by atoms with Gasteiger partial charge in [0.2, 0.25) is 12.7 Å². The quantitative estimate of drug-likeness (QED) is 0.815. The van der Waals surface area contributed by atoms with Gasteiger partial charge in [-0.15, -0.1) is 0 Å². The zero-order valence-corrected chi connectivity index (χ0v) is 14.2. The van der Waals surface area contributed by atoms with Gasteiger partial charge in [-0.2, -0.15) is 0 Å². The standard InChI is InChI=1S/C17H15BrN2O3/c1-10-14(18)6-13(8-19-10)20(17(21)11-2-3-11)12-4-5-15-16(7-12)23-9-22-15/h4-8,11H,2-3,9H2,1H3. The average Bonchev–Trinajstić information content (AvgIpc) is 3.29. The number of nitrogens with zero attached hydrogens (tertiary/aromatic N) is 2. The molecule has 1 aliphatic heterocycles. The van der Waals surface area contributed by atoms with Crippen LogP contribution in [0.5, 0.6) is 11.5 Å². The van der Waals surface area contributed by atoms with Gasteiger partial charge in [0.25, 0.3) is 0 Å². The van der Waals surface area contributed by atoms with E-state index in [0.717, 1.165) is 34.4 Å². The molecule has 0 saturated heterocycles. The monoisotopic (exact) mass is 374 g/mol. The van der Waals surface area contributed by atoms with E-state index in [1.807, 2.05) is 31.2 Å². The highest BCUT2D eigenvalue weighted by Gasteiger charge is 2.35. The molecule has 2 aromatic rings. The summed E-state index contributed by atoms with van der Waals surface area (Å²) in [4.78, 5) is 18.9. The Morgan fingerprint density at radius 1 is 1.22 bits per heavy atom. The molecule has 0 spiro atoms. The van der Waals surface area contributed by atoms with Crippen molar-refractivity contribution in [3.05, 3.63) is 40.6 Å². The summed E-state index contributed by atoms with van der Waals surface area (Å²) in [5, 5.41) is 0. The van der Waals surface area contributed by atoms with Crippen LogP contribution in [0, 0.1) is 12.8 Å². The molecule has 118 valence electrons. The Morgan fingerprint density at radius 3 is 2.74 bits per heavy atom. The molecular weight excluding hydrogens is 360 g/mol. The number of anilines is 2. The zero-order valence-electron chi connectivity index (χ0n) is 12.6. The highest BCUT2D eigenvalue weighted by atomic mass is 79.9. The van der Waals surface area contributed by atoms with Gasteiger partial charge in [0.1, 0.15) is 0 Å². The van der Waals surface area contributed by atoms with Gasteiger partial charge in [-0.1, -0.05) is 0 Å². The Hall–Kier alpha value is -2.08. The van der Waals surface area contributed by atoms with E-state index >= 15 is 0 Å². The number of hydrogen-bond acceptors (Lipinski definition) is 4. The number of carbonyl (C=O) groups is 1. The largest absolute Gasteiger partial charge is 0.454 e. The molecule has 5 nitrogen and oxygen atoms in total. The third kappa shape index (κ3) is 2.67. The summed E-state index contributed by atoms with van der Waals surface area (Å²) in [5.41, 5.74) is 2.40. The fourth-order valence-electron chi connectivity index (χ4n) is 2.56. The summed E-state index contributed by atoms with van der Waals surface area (Å²) >= 11 is 3.49. The van der Waals surface area contributed by atoms with Crippen molar-refractivity contribution in [1.29, 1.82) is 0 Å². The van der Waals surface area contributed by atoms with Gasteiger partial charge in [0.05, 0.1) is 23.3 Å². The number of pyridine rings is 1. The van der Waals surface area contributed by atoms with Crippen molar-refractivity contribution in [2.75, 3.05) is 11.7 Å². The van der Waals surface area contributed by atoms with Crippen molar-refractivity contribution in [2.45, 2.75) is 19.8 Å². The number of ether oxygens (including phenoxy) is 2. The number of hydrogen-bond donors (Lipinski definition) is 0. The van der Waals surface area contributed by atoms with Gasteiger partial charge in [-0.3, -0.25) is 14.7 Å². The van der Waals surface area contributed by atoms with E-state index in [1.165, 1.54) is 0 Å². The van der Waals surface area contributed by atoms with Crippen molar-refractivity contribution in [1.82, 2.24) is 4.98 Å². The molecule has 2 aliphatic rings. The Bertz CT molecular complexity index is 789. The summed E-state index contributed by atoms with van der Waals surface area (Å²) in [6, 6.07) is 7.48. The number of aryl methyl sites for hydroxylation is 1. The summed E-state index contributed by atoms with van der Waals surface area (Å²) in [6.45, 7) is 2.13. The second-order valence-corrected chi connectivity index (χ2v) is 6.60. The van der Waals surface area contributed by atoms with E-state index < -0.39 is 0 Å². The van der Waals surface area contributed by atoms with Crippen molar-refractivity contribution in [3.8, 4) is 11.5 Å². The molecule has 2 heterocycles. The number of amides is 1. The minimum absolute atomic E-state index is 0.0977. The lowest BCUT2D eigenvalue weighted by atomic mass is 10.2. The molecule has 4 rings (SSSR count). The molecule has 1 fully saturated rings. The van der Waals surface area contributed by atoms with Crippen LogP contribution in [0.2, 0.25) is 0 Å². The first-order valence-corrected chi connectivity index (χ1v) is 8.28. The van der Waals surface area contributed by atoms with Crippen LogP contribution in [0.3, 0.4) is 0 Å². The maximum atomic E-state index is 12.8. The summed E-state index contributed by atoms with van der Waals surface area (Å²) < 4.78 is 11.7. The molecule has 0 bridgehead atoms. The minimum atomic E-state index is 0.0977. The maximum absolute atomic E-state index is 12.8. The van der Waals surface area contributed by atoms with Crippen LogP contribution in [0.25, 0.3) is 0 Å². The minimum Gasteiger partial charge on any atom is -0.454 e. The first kappa shape index (κ1) is 14.5. The number of carbonyl (C=O) groups excluding carboxylic acids is 1. The Labute approximate surface area is 142 Å². The highest BCUT2D eigenvalue weighted by molar-refractivity contribution is 9.10. The lowest BCUT2D eigenvalue weighted by Crippen LogP contribution is -2.27. The third-order valence-electron chi connectivity index (χ3n) is 4.03. The molecule has 1 amide bonds. The Balaban J connectivity index is 1.78. The van der Waals surface area contributed by atoms with Crippen molar-refractivity contribution in [2.24, 2.45) is 5.92 Å². The smallest absolute Gasteiger partial charge is 0.234 e. The Morgan fingerprint density at radius 2 is 2.00 bits per heavy atom. The SMILES string of the molecule is Cc1ncc(N(C(=O)C2CC2)c2ccc3c(c2)OCO3)cc1Br. The molecule has 23 heavy (non-hydrogen) atoms. The van der Waals surface area contributed by atoms with E-state index in [0.29, 0.717) is 11.5 Å². The van der Waals surface area contributed by atoms with Gasteiger partial charge in [0.15, 0.2) is 11.5 Å². The van der Waals surface area contributed by atoms with E-state index in [2.05, 4.69) is 20.9 Å². The maximum Gasteiger partial charge on any atom is 0.234 e. The molecule has 6 heteroatoms. The summed E-state index contributed by atoms with van der Waals surface area (Å²) in [5.74, 6) is 1.56. The summed E-state index contributed by atoms with van der Waals surface area (Å²) in [6.07, 6.45) is 3.62. The topological polar surface area (TPSA) is 51.7 Å². The van der Waals surface area contributed by atoms with Gasteiger partial charge in [-0.25, -0.2) is 0 Å². The highest BCUT2D eigenvalue weighted by Crippen LogP contribution is 2.41. The molecular formula is C17H15BrN2O3. The number of benzene rings is 1. The fourth-order valence-corrected chi connectivity index (χ4v) is 2.90. The van der Waals surface area contributed by atoms with E-state index in [-0.39, 0.29) is 18.6 Å². The van der Waals surface area contributed by atoms with Crippen molar-refractivity contribution < 1.29 is 14.3 Å². The van der Waals surface area contributed by atoms with Crippen LogP contribution in [0.15, 0.2) is 34.9 Å². The third-order valence-corrected chi connectivity index (χ3v) is 4.83. The van der Waals surface area contributed by atoms with Crippen molar-refractivity contribution >= 4 is 33.2 Å². The van der Waals surface area contributed by atoms with Gasteiger partial charge < -0.3 is 9.47 Å². The Kier molecular flexibility index (Phi) is 3.49. The lowest BCUT2D eigenvalue weighted by Gasteiger charge is -2.23. The predicted molar refractivity (Wildman–Crippen MR) is 89.1 cm³/mol. The van der Waals surface area contributed by atoms with Crippen LogP contribution in [0.4, 0.5) is 11.4 Å². The van der Waals surface area contributed by atoms with Gasteiger partial charge in [0, 0.05) is 16.5 Å². The fraction of sp³-hybridized carbons (Fsp3) is 0.294. The molecule has 1 aromatic heterocycles. The molecule has 0 atom stereocenters. The molecule has 0 N–H and O–H groups in total. The molecule has 1 aliphatic carbocycles. The second kappa shape index (κ2) is 5.53. The van der Waals surface area contributed by atoms with Crippen LogP contribution >= 0.6 is 15.9 Å². The van der Waals surface area contributed by atoms with Gasteiger partial charge in [-0.05, 0) is 53.9 Å². The number of rotatable bonds is 3. The normalized spacial score (nSPS) is 15.6.